The lowest BCUT2D eigenvalue weighted by molar-refractivity contribution is 0.0997. The van der Waals surface area contributed by atoms with E-state index in [-0.39, 0.29) is 5.78 Å². The molecule has 2 rings (SSSR count). The maximum absolute atomic E-state index is 11.8. The average Bonchev–Trinajstić information content (AvgIpc) is 2.75. The van der Waals surface area contributed by atoms with Crippen molar-refractivity contribution in [2.75, 3.05) is 0 Å². The molecule has 0 N–H and O–H groups in total. The average molecular weight is 285 g/mol. The third kappa shape index (κ3) is 2.54. The van der Waals surface area contributed by atoms with E-state index in [4.69, 9.17) is 0 Å². The zero-order valence-corrected chi connectivity index (χ0v) is 10.5. The SMILES string of the molecule is Cn1cc(CC(=O)c2cc(Br)cs2)cn1. The summed E-state index contributed by atoms with van der Waals surface area (Å²) in [5, 5.41) is 5.94. The van der Waals surface area contributed by atoms with Crippen LogP contribution in [-0.2, 0) is 13.5 Å². The normalized spacial score (nSPS) is 10.5. The van der Waals surface area contributed by atoms with Gasteiger partial charge < -0.3 is 0 Å². The minimum Gasteiger partial charge on any atom is -0.293 e. The molecule has 5 heteroatoms. The maximum Gasteiger partial charge on any atom is 0.177 e. The first kappa shape index (κ1) is 10.6. The molecule has 0 fully saturated rings. The molecule has 0 aliphatic carbocycles. The highest BCUT2D eigenvalue weighted by molar-refractivity contribution is 9.10. The molecule has 2 heterocycles. The van der Waals surface area contributed by atoms with Crippen LogP contribution in [0.15, 0.2) is 28.3 Å². The fraction of sp³-hybridized carbons (Fsp3) is 0.200. The van der Waals surface area contributed by atoms with Gasteiger partial charge in [0.05, 0.1) is 11.1 Å². The summed E-state index contributed by atoms with van der Waals surface area (Å²) in [6.07, 6.45) is 4.00. The molecule has 2 aromatic rings. The first-order chi connectivity index (χ1) is 7.15. The van der Waals surface area contributed by atoms with Crippen LogP contribution >= 0.6 is 27.3 Å². The second-order valence-corrected chi connectivity index (χ2v) is 5.08. The Morgan fingerprint density at radius 2 is 2.47 bits per heavy atom. The molecule has 0 aliphatic rings. The van der Waals surface area contributed by atoms with Crippen LogP contribution in [0.25, 0.3) is 0 Å². The Balaban J connectivity index is 2.10. The van der Waals surface area contributed by atoms with Gasteiger partial charge in [-0.2, -0.15) is 5.10 Å². The number of halogens is 1. The summed E-state index contributed by atoms with van der Waals surface area (Å²) < 4.78 is 2.66. The van der Waals surface area contributed by atoms with Gasteiger partial charge in [-0.05, 0) is 27.6 Å². The zero-order chi connectivity index (χ0) is 10.8. The lowest BCUT2D eigenvalue weighted by atomic mass is 10.1. The van der Waals surface area contributed by atoms with Crippen LogP contribution in [0.4, 0.5) is 0 Å². The van der Waals surface area contributed by atoms with Gasteiger partial charge in [-0.3, -0.25) is 9.48 Å². The third-order valence-electron chi connectivity index (χ3n) is 1.97. The molecular formula is C10H9BrN2OS. The smallest absolute Gasteiger partial charge is 0.177 e. The van der Waals surface area contributed by atoms with E-state index in [1.165, 1.54) is 11.3 Å². The largest absolute Gasteiger partial charge is 0.293 e. The van der Waals surface area contributed by atoms with Crippen LogP contribution in [0, 0.1) is 0 Å². The summed E-state index contributed by atoms with van der Waals surface area (Å²) in [6, 6.07) is 1.85. The number of carbonyl (C=O) groups is 1. The van der Waals surface area contributed by atoms with Crippen molar-refractivity contribution in [1.29, 1.82) is 0 Å². The molecule has 0 aliphatic heterocycles. The van der Waals surface area contributed by atoms with Crippen LogP contribution < -0.4 is 0 Å². The number of aryl methyl sites for hydroxylation is 1. The van der Waals surface area contributed by atoms with Crippen LogP contribution in [0.5, 0.6) is 0 Å². The summed E-state index contributed by atoms with van der Waals surface area (Å²) in [7, 11) is 1.84. The highest BCUT2D eigenvalue weighted by Gasteiger charge is 2.10. The van der Waals surface area contributed by atoms with Gasteiger partial charge in [0.1, 0.15) is 0 Å². The molecule has 0 unspecified atom stereocenters. The quantitative estimate of drug-likeness (QED) is 0.813. The van der Waals surface area contributed by atoms with Crippen molar-refractivity contribution in [2.24, 2.45) is 7.05 Å². The number of ketones is 1. The predicted molar refractivity (Wildman–Crippen MR) is 63.3 cm³/mol. The summed E-state index contributed by atoms with van der Waals surface area (Å²) in [6.45, 7) is 0. The van der Waals surface area contributed by atoms with Crippen molar-refractivity contribution in [1.82, 2.24) is 9.78 Å². The number of thiophene rings is 1. The first-order valence-corrected chi connectivity index (χ1v) is 6.07. The first-order valence-electron chi connectivity index (χ1n) is 4.40. The van der Waals surface area contributed by atoms with Gasteiger partial charge in [-0.25, -0.2) is 0 Å². The Bertz CT molecular complexity index is 489. The Kier molecular flexibility index (Phi) is 3.02. The Morgan fingerprint density at radius 3 is 3.00 bits per heavy atom. The summed E-state index contributed by atoms with van der Waals surface area (Å²) in [5.41, 5.74) is 0.951. The topological polar surface area (TPSA) is 34.9 Å². The lowest BCUT2D eigenvalue weighted by Gasteiger charge is -1.93. The molecule has 0 aromatic carbocycles. The molecule has 0 radical (unpaired) electrons. The Labute approximate surface area is 99.9 Å². The molecule has 0 atom stereocenters. The summed E-state index contributed by atoms with van der Waals surface area (Å²) in [4.78, 5) is 12.6. The number of nitrogens with zero attached hydrogens (tertiary/aromatic N) is 2. The van der Waals surface area contributed by atoms with Crippen molar-refractivity contribution >= 4 is 33.0 Å². The number of Topliss-reactive ketones (excluding diaryl/α,β-unsaturated/α-hetero) is 1. The van der Waals surface area contributed by atoms with Gasteiger partial charge in [-0.15, -0.1) is 11.3 Å². The molecule has 78 valence electrons. The number of carbonyl (C=O) groups excluding carboxylic acids is 1. The number of rotatable bonds is 3. The van der Waals surface area contributed by atoms with E-state index in [0.717, 1.165) is 14.9 Å². The van der Waals surface area contributed by atoms with E-state index in [1.54, 1.807) is 10.9 Å². The van der Waals surface area contributed by atoms with Crippen molar-refractivity contribution in [3.63, 3.8) is 0 Å². The van der Waals surface area contributed by atoms with Crippen molar-refractivity contribution in [2.45, 2.75) is 6.42 Å². The Hall–Kier alpha value is -0.940. The molecule has 0 amide bonds. The molecule has 2 aromatic heterocycles. The maximum atomic E-state index is 11.8. The Morgan fingerprint density at radius 1 is 1.67 bits per heavy atom. The minimum atomic E-state index is 0.138. The zero-order valence-electron chi connectivity index (χ0n) is 8.11. The monoisotopic (exact) mass is 284 g/mol. The summed E-state index contributed by atoms with van der Waals surface area (Å²) >= 11 is 4.79. The van der Waals surface area contributed by atoms with Gasteiger partial charge in [0, 0.05) is 29.5 Å². The van der Waals surface area contributed by atoms with Crippen molar-refractivity contribution in [3.8, 4) is 0 Å². The standard InChI is InChI=1S/C10H9BrN2OS/c1-13-5-7(4-12-13)2-9(14)10-3-8(11)6-15-10/h3-6H,2H2,1H3. The second kappa shape index (κ2) is 4.28. The molecular weight excluding hydrogens is 276 g/mol. The molecule has 0 spiro atoms. The predicted octanol–water partition coefficient (Wildman–Crippen LogP) is 2.67. The van der Waals surface area contributed by atoms with Gasteiger partial charge in [0.25, 0.3) is 0 Å². The number of hydrogen-bond acceptors (Lipinski definition) is 3. The van der Waals surface area contributed by atoms with Gasteiger partial charge >= 0.3 is 0 Å². The van der Waals surface area contributed by atoms with Crippen molar-refractivity contribution in [3.05, 3.63) is 38.8 Å². The molecule has 0 saturated carbocycles. The van der Waals surface area contributed by atoms with E-state index in [1.807, 2.05) is 24.7 Å². The van der Waals surface area contributed by atoms with Crippen LogP contribution in [0.1, 0.15) is 15.2 Å². The second-order valence-electron chi connectivity index (χ2n) is 3.25. The van der Waals surface area contributed by atoms with Crippen LogP contribution in [-0.4, -0.2) is 15.6 Å². The van der Waals surface area contributed by atoms with E-state index in [9.17, 15) is 4.79 Å². The lowest BCUT2D eigenvalue weighted by Crippen LogP contribution is -1.99. The summed E-state index contributed by atoms with van der Waals surface area (Å²) in [5.74, 6) is 0.138. The number of aromatic nitrogens is 2. The van der Waals surface area contributed by atoms with Crippen LogP contribution in [0.2, 0.25) is 0 Å². The molecule has 0 saturated heterocycles. The third-order valence-corrected chi connectivity index (χ3v) is 3.70. The highest BCUT2D eigenvalue weighted by Crippen LogP contribution is 2.21. The minimum absolute atomic E-state index is 0.138. The van der Waals surface area contributed by atoms with Gasteiger partial charge in [0.2, 0.25) is 0 Å². The van der Waals surface area contributed by atoms with Gasteiger partial charge in [-0.1, -0.05) is 0 Å². The molecule has 0 bridgehead atoms. The molecule has 15 heavy (non-hydrogen) atoms. The van der Waals surface area contributed by atoms with E-state index in [2.05, 4.69) is 21.0 Å². The van der Waals surface area contributed by atoms with Crippen LogP contribution in [0.3, 0.4) is 0 Å². The van der Waals surface area contributed by atoms with Crippen molar-refractivity contribution < 1.29 is 4.79 Å². The van der Waals surface area contributed by atoms with E-state index < -0.39 is 0 Å². The fourth-order valence-corrected chi connectivity index (χ4v) is 2.66. The van der Waals surface area contributed by atoms with E-state index >= 15 is 0 Å². The van der Waals surface area contributed by atoms with E-state index in [0.29, 0.717) is 6.42 Å². The fourth-order valence-electron chi connectivity index (χ4n) is 1.29. The van der Waals surface area contributed by atoms with Gasteiger partial charge in [0.15, 0.2) is 5.78 Å². The highest BCUT2D eigenvalue weighted by atomic mass is 79.9. The number of hydrogen-bond donors (Lipinski definition) is 0. The molecule has 3 nitrogen and oxygen atoms in total.